The molecule has 2 rings (SSSR count). The fourth-order valence-electron chi connectivity index (χ4n) is 2.74. The Kier molecular flexibility index (Phi) is 3.85. The van der Waals surface area contributed by atoms with Crippen LogP contribution in [0.15, 0.2) is 0 Å². The molecule has 0 bridgehead atoms. The van der Waals surface area contributed by atoms with Crippen LogP contribution in [-0.4, -0.2) is 54.8 Å². The lowest BCUT2D eigenvalue weighted by Crippen LogP contribution is -2.50. The minimum absolute atomic E-state index is 0.133. The van der Waals surface area contributed by atoms with E-state index in [9.17, 15) is 18.0 Å². The molecule has 0 aromatic carbocycles. The maximum absolute atomic E-state index is 12.4. The largest absolute Gasteiger partial charge is 0.341 e. The minimum atomic E-state index is -3.66. The maximum Gasteiger partial charge on any atom is 0.246 e. The minimum Gasteiger partial charge on any atom is -0.341 e. The number of piperidine rings is 1. The number of carbonyl (C=O) groups excluding carboxylic acids is 2. The molecule has 2 amide bonds. The Labute approximate surface area is 113 Å². The van der Waals surface area contributed by atoms with E-state index in [1.54, 1.807) is 4.90 Å². The normalized spacial score (nSPS) is 26.0. The van der Waals surface area contributed by atoms with Crippen molar-refractivity contribution in [3.63, 3.8) is 0 Å². The number of hydrogen-bond acceptors (Lipinski definition) is 4. The summed E-state index contributed by atoms with van der Waals surface area (Å²) < 4.78 is 24.0. The molecule has 0 radical (unpaired) electrons. The van der Waals surface area contributed by atoms with E-state index in [0.29, 0.717) is 25.4 Å². The monoisotopic (exact) mass is 288 g/mol. The number of amides is 2. The van der Waals surface area contributed by atoms with Crippen molar-refractivity contribution in [2.45, 2.75) is 38.6 Å². The number of hydrogen-bond donors (Lipinski definition) is 0. The SMILES string of the molecule is CC1CCN(C(=O)C2CCC(=O)N2S(C)(=O)=O)CC1. The lowest BCUT2D eigenvalue weighted by molar-refractivity contribution is -0.138. The van der Waals surface area contributed by atoms with Crippen molar-refractivity contribution in [3.05, 3.63) is 0 Å². The van der Waals surface area contributed by atoms with Crippen LogP contribution < -0.4 is 0 Å². The zero-order valence-electron chi connectivity index (χ0n) is 11.3. The number of rotatable bonds is 2. The molecule has 0 N–H and O–H groups in total. The van der Waals surface area contributed by atoms with Gasteiger partial charge in [0, 0.05) is 19.5 Å². The first-order valence-corrected chi connectivity index (χ1v) is 8.46. The smallest absolute Gasteiger partial charge is 0.246 e. The van der Waals surface area contributed by atoms with Crippen molar-refractivity contribution in [3.8, 4) is 0 Å². The van der Waals surface area contributed by atoms with Gasteiger partial charge in [0.2, 0.25) is 21.8 Å². The third kappa shape index (κ3) is 2.91. The summed E-state index contributed by atoms with van der Waals surface area (Å²) in [5.74, 6) is -0.0883. The molecule has 2 heterocycles. The van der Waals surface area contributed by atoms with Crippen molar-refractivity contribution in [2.24, 2.45) is 5.92 Å². The van der Waals surface area contributed by atoms with Gasteiger partial charge >= 0.3 is 0 Å². The summed E-state index contributed by atoms with van der Waals surface area (Å²) in [6.45, 7) is 3.45. The second kappa shape index (κ2) is 5.11. The predicted octanol–water partition coefficient (Wildman–Crippen LogP) is 0.196. The first-order valence-electron chi connectivity index (χ1n) is 6.61. The average Bonchev–Trinajstić information content (AvgIpc) is 2.71. The summed E-state index contributed by atoms with van der Waals surface area (Å²) in [5.41, 5.74) is 0. The highest BCUT2D eigenvalue weighted by Crippen LogP contribution is 2.25. The summed E-state index contributed by atoms with van der Waals surface area (Å²) in [6, 6.07) is -0.823. The van der Waals surface area contributed by atoms with Crippen molar-refractivity contribution in [2.75, 3.05) is 19.3 Å². The predicted molar refractivity (Wildman–Crippen MR) is 69.7 cm³/mol. The van der Waals surface area contributed by atoms with E-state index in [2.05, 4.69) is 6.92 Å². The summed E-state index contributed by atoms with van der Waals surface area (Å²) in [7, 11) is -3.66. The third-order valence-corrected chi connectivity index (χ3v) is 5.07. The van der Waals surface area contributed by atoms with Gasteiger partial charge in [-0.05, 0) is 25.2 Å². The second-order valence-corrected chi connectivity index (χ2v) is 7.37. The van der Waals surface area contributed by atoms with Gasteiger partial charge < -0.3 is 4.90 Å². The van der Waals surface area contributed by atoms with E-state index in [1.165, 1.54) is 0 Å². The van der Waals surface area contributed by atoms with Crippen molar-refractivity contribution < 1.29 is 18.0 Å². The molecule has 6 nitrogen and oxygen atoms in total. The fourth-order valence-corrected chi connectivity index (χ4v) is 3.86. The van der Waals surface area contributed by atoms with Gasteiger partial charge in [0.25, 0.3) is 0 Å². The van der Waals surface area contributed by atoms with Gasteiger partial charge in [-0.2, -0.15) is 0 Å². The molecule has 0 spiro atoms. The van der Waals surface area contributed by atoms with Crippen LogP contribution in [-0.2, 0) is 19.6 Å². The summed E-state index contributed by atoms with van der Waals surface area (Å²) in [4.78, 5) is 25.7. The first-order chi connectivity index (χ1) is 8.80. The zero-order chi connectivity index (χ0) is 14.2. The lowest BCUT2D eigenvalue weighted by atomic mass is 9.98. The van der Waals surface area contributed by atoms with Crippen LogP contribution in [0.5, 0.6) is 0 Å². The Balaban J connectivity index is 2.12. The third-order valence-electron chi connectivity index (χ3n) is 3.90. The van der Waals surface area contributed by atoms with Gasteiger partial charge in [-0.3, -0.25) is 9.59 Å². The quantitative estimate of drug-likeness (QED) is 0.727. The van der Waals surface area contributed by atoms with Crippen LogP contribution in [0.25, 0.3) is 0 Å². The van der Waals surface area contributed by atoms with Crippen LogP contribution in [0.3, 0.4) is 0 Å². The molecule has 19 heavy (non-hydrogen) atoms. The Morgan fingerprint density at radius 1 is 1.21 bits per heavy atom. The molecule has 2 aliphatic heterocycles. The highest BCUT2D eigenvalue weighted by atomic mass is 32.2. The Morgan fingerprint density at radius 3 is 2.32 bits per heavy atom. The molecule has 108 valence electrons. The summed E-state index contributed by atoms with van der Waals surface area (Å²) in [6.07, 6.45) is 3.29. The highest BCUT2D eigenvalue weighted by molar-refractivity contribution is 7.89. The van der Waals surface area contributed by atoms with E-state index in [0.717, 1.165) is 23.4 Å². The first kappa shape index (κ1) is 14.3. The zero-order valence-corrected chi connectivity index (χ0v) is 12.1. The molecule has 0 aromatic heterocycles. The molecule has 2 fully saturated rings. The Morgan fingerprint density at radius 2 is 1.79 bits per heavy atom. The molecular formula is C12H20N2O4S. The van der Waals surface area contributed by atoms with Crippen LogP contribution in [0, 0.1) is 5.92 Å². The molecule has 1 unspecified atom stereocenters. The fraction of sp³-hybridized carbons (Fsp3) is 0.833. The Hall–Kier alpha value is -1.11. The van der Waals surface area contributed by atoms with Gasteiger partial charge in [0.1, 0.15) is 6.04 Å². The molecule has 0 aromatic rings. The van der Waals surface area contributed by atoms with Gasteiger partial charge in [0.15, 0.2) is 0 Å². The van der Waals surface area contributed by atoms with Gasteiger partial charge in [0.05, 0.1) is 6.26 Å². The number of carbonyl (C=O) groups is 2. The van der Waals surface area contributed by atoms with E-state index in [-0.39, 0.29) is 12.3 Å². The van der Waals surface area contributed by atoms with Crippen molar-refractivity contribution >= 4 is 21.8 Å². The molecule has 0 aliphatic carbocycles. The standard InChI is InChI=1S/C12H20N2O4S/c1-9-5-7-13(8-6-9)12(16)10-3-4-11(15)14(10)19(2,17)18/h9-10H,3-8H2,1-2H3. The van der Waals surface area contributed by atoms with Crippen molar-refractivity contribution in [1.29, 1.82) is 0 Å². The van der Waals surface area contributed by atoms with Crippen LogP contribution in [0.4, 0.5) is 0 Å². The van der Waals surface area contributed by atoms with E-state index in [1.807, 2.05) is 0 Å². The summed E-state index contributed by atoms with van der Waals surface area (Å²) >= 11 is 0. The molecule has 7 heteroatoms. The second-order valence-electron chi connectivity index (χ2n) is 5.51. The van der Waals surface area contributed by atoms with E-state index < -0.39 is 22.0 Å². The topological polar surface area (TPSA) is 74.8 Å². The number of likely N-dealkylation sites (tertiary alicyclic amines) is 1. The maximum atomic E-state index is 12.4. The molecule has 2 saturated heterocycles. The van der Waals surface area contributed by atoms with Gasteiger partial charge in [-0.1, -0.05) is 6.92 Å². The van der Waals surface area contributed by atoms with Gasteiger partial charge in [-0.25, -0.2) is 12.7 Å². The molecule has 1 atom stereocenters. The average molecular weight is 288 g/mol. The number of nitrogens with zero attached hydrogens (tertiary/aromatic N) is 2. The highest BCUT2D eigenvalue weighted by Gasteiger charge is 2.43. The summed E-state index contributed by atoms with van der Waals surface area (Å²) in [5, 5.41) is 0. The van der Waals surface area contributed by atoms with E-state index >= 15 is 0 Å². The Bertz CT molecular complexity index is 480. The van der Waals surface area contributed by atoms with Crippen LogP contribution in [0.1, 0.15) is 32.6 Å². The molecule has 0 saturated carbocycles. The lowest BCUT2D eigenvalue weighted by Gasteiger charge is -2.33. The van der Waals surface area contributed by atoms with Crippen LogP contribution >= 0.6 is 0 Å². The number of sulfonamides is 1. The molecular weight excluding hydrogens is 268 g/mol. The van der Waals surface area contributed by atoms with Gasteiger partial charge in [-0.15, -0.1) is 0 Å². The van der Waals surface area contributed by atoms with Crippen LogP contribution in [0.2, 0.25) is 0 Å². The van der Waals surface area contributed by atoms with Crippen molar-refractivity contribution in [1.82, 2.24) is 9.21 Å². The molecule has 2 aliphatic rings. The van der Waals surface area contributed by atoms with E-state index in [4.69, 9.17) is 0 Å².